The summed E-state index contributed by atoms with van der Waals surface area (Å²) in [5.41, 5.74) is 0.550. The number of amides is 2. The molecule has 0 bridgehead atoms. The molecule has 2 unspecified atom stereocenters. The number of hydrogen-bond acceptors (Lipinski definition) is 4. The van der Waals surface area contributed by atoms with Gasteiger partial charge < -0.3 is 10.2 Å². The Morgan fingerprint density at radius 3 is 2.21 bits per heavy atom. The normalized spacial score (nSPS) is 13.2. The number of nitrogens with one attached hydrogen (secondary N) is 1. The van der Waals surface area contributed by atoms with Crippen LogP contribution in [0.25, 0.3) is 0 Å². The summed E-state index contributed by atoms with van der Waals surface area (Å²) in [7, 11) is -4.02. The fourth-order valence-corrected chi connectivity index (χ4v) is 3.92. The van der Waals surface area contributed by atoms with E-state index in [-0.39, 0.29) is 24.2 Å². The zero-order valence-electron chi connectivity index (χ0n) is 19.1. The lowest BCUT2D eigenvalue weighted by atomic mass is 10.1. The molecule has 0 aliphatic carbocycles. The number of nitrogens with zero attached hydrogens (tertiary/aromatic N) is 2. The van der Waals surface area contributed by atoms with E-state index in [0.717, 1.165) is 24.0 Å². The third-order valence-electron chi connectivity index (χ3n) is 5.23. The summed E-state index contributed by atoms with van der Waals surface area (Å²) in [6, 6.07) is 10.5. The van der Waals surface area contributed by atoms with Crippen LogP contribution in [0.5, 0.6) is 0 Å². The lowest BCUT2D eigenvalue weighted by molar-refractivity contribution is -0.139. The summed E-state index contributed by atoms with van der Waals surface area (Å²) in [4.78, 5) is 27.3. The highest BCUT2D eigenvalue weighted by atomic mass is 32.2. The number of carbonyl (C=O) groups is 2. The first-order valence-corrected chi connectivity index (χ1v) is 12.3. The van der Waals surface area contributed by atoms with Gasteiger partial charge in [0.2, 0.25) is 21.8 Å². The molecule has 0 saturated carbocycles. The van der Waals surface area contributed by atoms with Crippen LogP contribution < -0.4 is 9.62 Å². The van der Waals surface area contributed by atoms with Gasteiger partial charge in [0.1, 0.15) is 12.6 Å². The van der Waals surface area contributed by atoms with Crippen molar-refractivity contribution < 1.29 is 26.8 Å². The summed E-state index contributed by atoms with van der Waals surface area (Å²) in [5.74, 6) is -3.43. The minimum atomic E-state index is -4.02. The minimum absolute atomic E-state index is 0.0597. The quantitative estimate of drug-likeness (QED) is 0.565. The van der Waals surface area contributed by atoms with E-state index in [2.05, 4.69) is 5.32 Å². The molecule has 2 amide bonds. The third-order valence-corrected chi connectivity index (χ3v) is 6.38. The van der Waals surface area contributed by atoms with Crippen molar-refractivity contribution in [2.75, 3.05) is 17.1 Å². The first-order valence-electron chi connectivity index (χ1n) is 10.5. The smallest absolute Gasteiger partial charge is 0.244 e. The largest absolute Gasteiger partial charge is 0.352 e. The van der Waals surface area contributed by atoms with Gasteiger partial charge >= 0.3 is 0 Å². The van der Waals surface area contributed by atoms with Gasteiger partial charge in [-0.1, -0.05) is 37.3 Å². The van der Waals surface area contributed by atoms with Crippen LogP contribution in [0.3, 0.4) is 0 Å². The van der Waals surface area contributed by atoms with E-state index in [4.69, 9.17) is 0 Å². The maximum absolute atomic E-state index is 13.8. The van der Waals surface area contributed by atoms with Crippen molar-refractivity contribution in [3.63, 3.8) is 0 Å². The molecule has 0 heterocycles. The van der Waals surface area contributed by atoms with Gasteiger partial charge in [-0.15, -0.1) is 0 Å². The molecule has 0 radical (unpaired) electrons. The molecule has 2 aromatic rings. The molecule has 2 aromatic carbocycles. The van der Waals surface area contributed by atoms with Crippen molar-refractivity contribution in [3.05, 3.63) is 65.7 Å². The van der Waals surface area contributed by atoms with Crippen molar-refractivity contribution in [1.82, 2.24) is 10.2 Å². The van der Waals surface area contributed by atoms with Gasteiger partial charge in [-0.2, -0.15) is 0 Å². The van der Waals surface area contributed by atoms with Crippen LogP contribution in [-0.4, -0.2) is 50.0 Å². The Morgan fingerprint density at radius 2 is 1.67 bits per heavy atom. The van der Waals surface area contributed by atoms with Gasteiger partial charge in [0.15, 0.2) is 11.6 Å². The average molecular weight is 482 g/mol. The molecule has 180 valence electrons. The Hall–Kier alpha value is -3.01. The predicted molar refractivity (Wildman–Crippen MR) is 123 cm³/mol. The Balaban J connectivity index is 2.38. The summed E-state index contributed by atoms with van der Waals surface area (Å²) in [6.45, 7) is 4.68. The van der Waals surface area contributed by atoms with Gasteiger partial charge in [-0.25, -0.2) is 17.2 Å². The second kappa shape index (κ2) is 11.2. The minimum Gasteiger partial charge on any atom is -0.352 e. The topological polar surface area (TPSA) is 86.8 Å². The van der Waals surface area contributed by atoms with Crippen molar-refractivity contribution >= 4 is 27.5 Å². The predicted octanol–water partition coefficient (Wildman–Crippen LogP) is 3.06. The maximum Gasteiger partial charge on any atom is 0.244 e. The van der Waals surface area contributed by atoms with Crippen LogP contribution in [-0.2, 0) is 26.2 Å². The van der Waals surface area contributed by atoms with Crippen molar-refractivity contribution in [2.45, 2.75) is 45.8 Å². The molecule has 2 atom stereocenters. The molecule has 0 aromatic heterocycles. The molecule has 2 rings (SSSR count). The first-order chi connectivity index (χ1) is 15.4. The number of hydrogen-bond donors (Lipinski definition) is 1. The molecule has 0 fully saturated rings. The highest BCUT2D eigenvalue weighted by molar-refractivity contribution is 7.92. The monoisotopic (exact) mass is 481 g/mol. The molecule has 33 heavy (non-hydrogen) atoms. The number of sulfonamides is 1. The number of carbonyl (C=O) groups excluding carboxylic acids is 2. The molecule has 1 N–H and O–H groups in total. The Kier molecular flexibility index (Phi) is 8.92. The molecule has 0 spiro atoms. The van der Waals surface area contributed by atoms with Crippen molar-refractivity contribution in [2.24, 2.45) is 0 Å². The highest BCUT2D eigenvalue weighted by Gasteiger charge is 2.30. The summed E-state index contributed by atoms with van der Waals surface area (Å²) in [5, 5.41) is 2.82. The van der Waals surface area contributed by atoms with Crippen LogP contribution in [0.2, 0.25) is 0 Å². The second-order valence-electron chi connectivity index (χ2n) is 7.87. The van der Waals surface area contributed by atoms with E-state index in [1.54, 1.807) is 31.2 Å². The number of anilines is 1. The van der Waals surface area contributed by atoms with Crippen molar-refractivity contribution in [1.29, 1.82) is 0 Å². The van der Waals surface area contributed by atoms with Gasteiger partial charge in [0, 0.05) is 18.7 Å². The van der Waals surface area contributed by atoms with E-state index in [1.165, 1.54) is 4.90 Å². The van der Waals surface area contributed by atoms with Gasteiger partial charge in [0.25, 0.3) is 0 Å². The number of rotatable bonds is 10. The van der Waals surface area contributed by atoms with E-state index in [0.29, 0.717) is 16.8 Å². The van der Waals surface area contributed by atoms with Gasteiger partial charge in [0.05, 0.1) is 11.9 Å². The fraction of sp³-hybridized carbons (Fsp3) is 0.391. The summed E-state index contributed by atoms with van der Waals surface area (Å²) < 4.78 is 52.6. The van der Waals surface area contributed by atoms with E-state index < -0.39 is 40.2 Å². The van der Waals surface area contributed by atoms with E-state index in [1.807, 2.05) is 19.9 Å². The standard InChI is InChI=1S/C23H29F2N3O4S/c1-5-16(2)26-23(30)17(3)27(14-18-9-7-6-8-10-18)22(29)15-28(33(4,31)32)19-11-12-20(24)21(25)13-19/h6-13,16-17H,5,14-15H2,1-4H3,(H,26,30). The van der Waals surface area contributed by atoms with Gasteiger partial charge in [-0.05, 0) is 38.0 Å². The fourth-order valence-electron chi connectivity index (χ4n) is 3.08. The lowest BCUT2D eigenvalue weighted by Crippen LogP contribution is -2.52. The van der Waals surface area contributed by atoms with Crippen LogP contribution in [0.4, 0.5) is 14.5 Å². The highest BCUT2D eigenvalue weighted by Crippen LogP contribution is 2.21. The zero-order chi connectivity index (χ0) is 24.8. The average Bonchev–Trinajstić information content (AvgIpc) is 2.76. The van der Waals surface area contributed by atoms with E-state index in [9.17, 15) is 26.8 Å². The van der Waals surface area contributed by atoms with Crippen molar-refractivity contribution in [3.8, 4) is 0 Å². The molecular formula is C23H29F2N3O4S. The number of benzene rings is 2. The summed E-state index contributed by atoms with van der Waals surface area (Å²) in [6.07, 6.45) is 1.56. The van der Waals surface area contributed by atoms with E-state index >= 15 is 0 Å². The van der Waals surface area contributed by atoms with Crippen LogP contribution in [0, 0.1) is 11.6 Å². The summed E-state index contributed by atoms with van der Waals surface area (Å²) >= 11 is 0. The molecule has 0 aliphatic rings. The molecular weight excluding hydrogens is 452 g/mol. The van der Waals surface area contributed by atoms with Gasteiger partial charge in [-0.3, -0.25) is 13.9 Å². The molecule has 0 aliphatic heterocycles. The first kappa shape index (κ1) is 26.2. The van der Waals surface area contributed by atoms with Crippen LogP contribution >= 0.6 is 0 Å². The molecule has 0 saturated heterocycles. The van der Waals surface area contributed by atoms with Crippen LogP contribution in [0.1, 0.15) is 32.8 Å². The molecule has 7 nitrogen and oxygen atoms in total. The Bertz CT molecular complexity index is 1080. The lowest BCUT2D eigenvalue weighted by Gasteiger charge is -2.32. The Morgan fingerprint density at radius 1 is 1.03 bits per heavy atom. The maximum atomic E-state index is 13.8. The zero-order valence-corrected chi connectivity index (χ0v) is 19.9. The SMILES string of the molecule is CCC(C)NC(=O)C(C)N(Cc1ccccc1)C(=O)CN(c1ccc(F)c(F)c1)S(C)(=O)=O. The number of halogens is 2. The van der Waals surface area contributed by atoms with Crippen LogP contribution in [0.15, 0.2) is 48.5 Å². The Labute approximate surface area is 193 Å². The molecule has 10 heteroatoms. The second-order valence-corrected chi connectivity index (χ2v) is 9.78. The third kappa shape index (κ3) is 7.24.